The lowest BCUT2D eigenvalue weighted by Gasteiger charge is -2.11. The van der Waals surface area contributed by atoms with Gasteiger partial charge in [0.1, 0.15) is 0 Å². The normalized spacial score (nSPS) is 10.4. The van der Waals surface area contributed by atoms with Crippen LogP contribution in [0.15, 0.2) is 133 Å². The van der Waals surface area contributed by atoms with Gasteiger partial charge < -0.3 is 0 Å². The first-order valence-corrected chi connectivity index (χ1v) is 33.2. The third-order valence-electron chi connectivity index (χ3n) is 16.5. The van der Waals surface area contributed by atoms with Gasteiger partial charge in [0.2, 0.25) is 0 Å². The predicted molar refractivity (Wildman–Crippen MR) is 370 cm³/mol. The lowest BCUT2D eigenvalue weighted by Crippen LogP contribution is -1.99. The quantitative estimate of drug-likeness (QED) is 0.0418. The number of rotatable bonds is 24. The first-order chi connectivity index (χ1) is 42.3. The molecular weight excluding hydrogens is 1030 g/mol. The minimum absolute atomic E-state index is 0.896. The molecule has 7 aromatic carbocycles. The zero-order valence-corrected chi connectivity index (χ0v) is 53.7. The summed E-state index contributed by atoms with van der Waals surface area (Å²) in [6.45, 7) is 17.9. The molecule has 7 aromatic rings. The largest absolute Gasteiger partial charge is 0.0654 e. The molecule has 0 aliphatic carbocycles. The fraction of sp³-hybridized carbons (Fsp3) is 0.372. The fourth-order valence-electron chi connectivity index (χ4n) is 10.9. The molecule has 0 aliphatic rings. The Morgan fingerprint density at radius 3 is 0.651 bits per heavy atom. The second-order valence-electron chi connectivity index (χ2n) is 23.2. The van der Waals surface area contributed by atoms with Crippen molar-refractivity contribution in [3.8, 4) is 71.0 Å². The van der Waals surface area contributed by atoms with E-state index in [2.05, 4.69) is 260 Å². The van der Waals surface area contributed by atoms with E-state index < -0.39 is 0 Å². The molecule has 0 aromatic heterocycles. The number of aryl methyl sites for hydroxylation is 8. The molecule has 0 atom stereocenters. The van der Waals surface area contributed by atoms with Crippen molar-refractivity contribution < 1.29 is 0 Å². The number of hydrogen-bond donors (Lipinski definition) is 0. The topological polar surface area (TPSA) is 0 Å². The Balaban J connectivity index is 1.01. The summed E-state index contributed by atoms with van der Waals surface area (Å²) in [5.41, 5.74) is 22.9. The third-order valence-corrected chi connectivity index (χ3v) is 16.5. The van der Waals surface area contributed by atoms with Crippen LogP contribution in [0.3, 0.4) is 0 Å². The molecule has 0 fully saturated rings. The van der Waals surface area contributed by atoms with Crippen LogP contribution in [0.4, 0.5) is 0 Å². The van der Waals surface area contributed by atoms with Gasteiger partial charge in [0.05, 0.1) is 0 Å². The van der Waals surface area contributed by atoms with E-state index in [9.17, 15) is 0 Å². The summed E-state index contributed by atoms with van der Waals surface area (Å²) < 4.78 is 0. The van der Waals surface area contributed by atoms with Crippen LogP contribution in [0.5, 0.6) is 0 Å². The highest BCUT2D eigenvalue weighted by Crippen LogP contribution is 2.24. The van der Waals surface area contributed by atoms with Crippen LogP contribution < -0.4 is 0 Å². The molecule has 7 rings (SSSR count). The minimum Gasteiger partial charge on any atom is -0.0654 e. The predicted octanol–water partition coefficient (Wildman–Crippen LogP) is 20.8. The van der Waals surface area contributed by atoms with E-state index in [1.54, 1.807) is 0 Å². The minimum atomic E-state index is 0.896. The van der Waals surface area contributed by atoms with E-state index in [0.717, 1.165) is 144 Å². The van der Waals surface area contributed by atoms with Crippen molar-refractivity contribution in [2.45, 2.75) is 209 Å². The summed E-state index contributed by atoms with van der Waals surface area (Å²) in [7, 11) is 0. The maximum absolute atomic E-state index is 3.61. The first-order valence-electron chi connectivity index (χ1n) is 33.2. The molecule has 86 heavy (non-hydrogen) atoms. The fourth-order valence-corrected chi connectivity index (χ4v) is 10.9. The monoisotopic (exact) mass is 1130 g/mol. The van der Waals surface area contributed by atoms with Crippen LogP contribution in [0.2, 0.25) is 0 Å². The van der Waals surface area contributed by atoms with Crippen molar-refractivity contribution in [3.05, 3.63) is 245 Å². The highest BCUT2D eigenvalue weighted by atomic mass is 14.1. The lowest BCUT2D eigenvalue weighted by atomic mass is 9.92. The van der Waals surface area contributed by atoms with E-state index in [1.807, 2.05) is 0 Å². The Hall–Kier alpha value is -8.10. The summed E-state index contributed by atoms with van der Waals surface area (Å²) in [6, 6.07) is 48.2. The molecule has 0 N–H and O–H groups in total. The van der Waals surface area contributed by atoms with Crippen LogP contribution in [-0.4, -0.2) is 0 Å². The molecule has 0 amide bonds. The Labute approximate surface area is 522 Å². The summed E-state index contributed by atoms with van der Waals surface area (Å²) in [5, 5.41) is 0. The van der Waals surface area contributed by atoms with Gasteiger partial charge in [-0.2, -0.15) is 0 Å². The van der Waals surface area contributed by atoms with Crippen LogP contribution >= 0.6 is 0 Å². The molecule has 0 spiro atoms. The number of hydrogen-bond acceptors (Lipinski definition) is 0. The van der Waals surface area contributed by atoms with Gasteiger partial charge in [0.15, 0.2) is 0 Å². The van der Waals surface area contributed by atoms with Crippen molar-refractivity contribution in [1.29, 1.82) is 0 Å². The molecule has 0 nitrogen and oxygen atoms in total. The standard InChI is InChI=1S/C86H94/c1-9-17-21-23-25-27-29-67-33-37-69(38-34-67)49-55-81-61-77(15-7)83(63-75(81)13-5)57-51-71-41-45-73(46-42-71)53-59-85-65-80(32-20-12-4)86(66-79(85)31-19-11-3)60-54-74-47-43-72(44-48-74)52-58-84-64-76(14-6)82(62-78(84)16-8)56-50-70-39-35-68(36-40-70)30-28-26-24-22-18-10-2/h33-48,61-66H,9-32H2,1-8H3. The van der Waals surface area contributed by atoms with E-state index in [-0.39, 0.29) is 0 Å². The van der Waals surface area contributed by atoms with Crippen molar-refractivity contribution in [2.24, 2.45) is 0 Å². The maximum Gasteiger partial charge on any atom is 0.0284 e. The van der Waals surface area contributed by atoms with E-state index >= 15 is 0 Å². The van der Waals surface area contributed by atoms with Crippen molar-refractivity contribution in [1.82, 2.24) is 0 Å². The van der Waals surface area contributed by atoms with Gasteiger partial charge in [0, 0.05) is 66.8 Å². The van der Waals surface area contributed by atoms with Gasteiger partial charge in [-0.3, -0.25) is 0 Å². The zero-order chi connectivity index (χ0) is 60.6. The van der Waals surface area contributed by atoms with Gasteiger partial charge in [-0.05, 0) is 231 Å². The number of unbranched alkanes of at least 4 members (excludes halogenated alkanes) is 12. The number of benzene rings is 7. The molecular formula is C86H94. The average molecular weight is 1130 g/mol. The zero-order valence-electron chi connectivity index (χ0n) is 53.7. The van der Waals surface area contributed by atoms with Crippen molar-refractivity contribution >= 4 is 0 Å². The van der Waals surface area contributed by atoms with Gasteiger partial charge in [-0.1, -0.05) is 228 Å². The summed E-state index contributed by atoms with van der Waals surface area (Å²) in [4.78, 5) is 0. The Bertz CT molecular complexity index is 3420. The molecule has 0 heteroatoms. The van der Waals surface area contributed by atoms with Gasteiger partial charge in [-0.15, -0.1) is 0 Å². The summed E-state index contributed by atoms with van der Waals surface area (Å²) in [5.74, 6) is 42.2. The Morgan fingerprint density at radius 1 is 0.198 bits per heavy atom. The highest BCUT2D eigenvalue weighted by Gasteiger charge is 2.11. The van der Waals surface area contributed by atoms with Crippen molar-refractivity contribution in [3.63, 3.8) is 0 Å². The van der Waals surface area contributed by atoms with Crippen LogP contribution in [-0.2, 0) is 51.4 Å². The molecule has 0 bridgehead atoms. The second-order valence-corrected chi connectivity index (χ2v) is 23.2. The summed E-state index contributed by atoms with van der Waals surface area (Å²) in [6.07, 6.45) is 28.1. The van der Waals surface area contributed by atoms with Gasteiger partial charge >= 0.3 is 0 Å². The molecule has 0 aliphatic heterocycles. The van der Waals surface area contributed by atoms with Crippen LogP contribution in [0, 0.1) is 71.0 Å². The second kappa shape index (κ2) is 36.7. The smallest absolute Gasteiger partial charge is 0.0284 e. The summed E-state index contributed by atoms with van der Waals surface area (Å²) >= 11 is 0. The molecule has 0 saturated carbocycles. The highest BCUT2D eigenvalue weighted by molar-refractivity contribution is 5.60. The van der Waals surface area contributed by atoms with Crippen molar-refractivity contribution in [2.75, 3.05) is 0 Å². The van der Waals surface area contributed by atoms with Gasteiger partial charge in [-0.25, -0.2) is 0 Å². The molecule has 0 unspecified atom stereocenters. The molecule has 0 heterocycles. The van der Waals surface area contributed by atoms with E-state index in [0.29, 0.717) is 0 Å². The Kier molecular flexibility index (Phi) is 27.9. The molecule has 438 valence electrons. The first kappa shape index (κ1) is 65.4. The molecule has 0 radical (unpaired) electrons. The Morgan fingerprint density at radius 2 is 0.407 bits per heavy atom. The SMILES string of the molecule is CCCCCCCCc1ccc(C#Cc2cc(CC)c(C#Cc3ccc(C#Cc4cc(CCCC)c(C#Cc5ccc(C#Cc6cc(CC)c(C#Cc7ccc(CCCCCCCC)cc7)cc6CC)cc5)cc4CCCC)cc3)cc2CC)cc1. The third kappa shape index (κ3) is 21.1. The van der Waals surface area contributed by atoms with E-state index in [1.165, 1.54) is 122 Å². The maximum atomic E-state index is 3.61. The molecule has 0 saturated heterocycles. The van der Waals surface area contributed by atoms with Crippen LogP contribution in [0.25, 0.3) is 0 Å². The van der Waals surface area contributed by atoms with Crippen LogP contribution in [0.1, 0.15) is 269 Å². The van der Waals surface area contributed by atoms with E-state index in [4.69, 9.17) is 0 Å². The lowest BCUT2D eigenvalue weighted by molar-refractivity contribution is 0.607. The van der Waals surface area contributed by atoms with Gasteiger partial charge in [0.25, 0.3) is 0 Å². The average Bonchev–Trinajstić information content (AvgIpc) is 3.58.